The Kier molecular flexibility index (Phi) is 5.21. The van der Waals surface area contributed by atoms with E-state index in [2.05, 4.69) is 4.98 Å². The van der Waals surface area contributed by atoms with Gasteiger partial charge in [0, 0.05) is 33.7 Å². The van der Waals surface area contributed by atoms with E-state index in [9.17, 15) is 14.4 Å². The number of carbonyl (C=O) groups excluding carboxylic acids is 1. The molecule has 0 spiro atoms. The molecular weight excluding hydrogens is 456 g/mol. The van der Waals surface area contributed by atoms with E-state index < -0.39 is 5.97 Å². The zero-order valence-electron chi connectivity index (χ0n) is 18.4. The molecule has 34 heavy (non-hydrogen) atoms. The second kappa shape index (κ2) is 8.39. The minimum atomic E-state index is -0.581. The van der Waals surface area contributed by atoms with Crippen molar-refractivity contribution in [1.29, 1.82) is 0 Å². The Morgan fingerprint density at radius 1 is 1.06 bits per heavy atom. The quantitative estimate of drug-likeness (QED) is 0.320. The summed E-state index contributed by atoms with van der Waals surface area (Å²) in [6.07, 6.45) is 6.64. The summed E-state index contributed by atoms with van der Waals surface area (Å²) >= 11 is 1.53. The highest BCUT2D eigenvalue weighted by Gasteiger charge is 2.21. The monoisotopic (exact) mass is 478 g/mol. The Bertz CT molecular complexity index is 1560. The molecule has 1 aromatic carbocycles. The molecule has 0 saturated carbocycles. The average Bonchev–Trinajstić information content (AvgIpc) is 3.47. The zero-order valence-corrected chi connectivity index (χ0v) is 19.2. The van der Waals surface area contributed by atoms with Crippen molar-refractivity contribution >= 4 is 33.2 Å². The van der Waals surface area contributed by atoms with E-state index in [1.54, 1.807) is 16.5 Å². The molecule has 0 amide bonds. The maximum Gasteiger partial charge on any atom is 0.344 e. The largest absolute Gasteiger partial charge is 0.482 e. The van der Waals surface area contributed by atoms with Crippen LogP contribution in [-0.4, -0.2) is 22.0 Å². The van der Waals surface area contributed by atoms with Gasteiger partial charge in [-0.25, -0.2) is 14.6 Å². The van der Waals surface area contributed by atoms with E-state index in [1.165, 1.54) is 22.3 Å². The van der Waals surface area contributed by atoms with Crippen LogP contribution in [-0.2, 0) is 41.8 Å². The molecule has 9 heteroatoms. The van der Waals surface area contributed by atoms with Crippen LogP contribution in [0.3, 0.4) is 0 Å². The molecule has 3 heterocycles. The third-order valence-electron chi connectivity index (χ3n) is 6.50. The smallest absolute Gasteiger partial charge is 0.344 e. The number of nitrogens with zero attached hydrogens (tertiary/aromatic N) is 2. The SMILES string of the molecule is O=C(COc1ccc2c3c(c(=O)oc2c1)CCC3)OCc1cc(=O)n2c3c(sc2n1)CCCC3. The van der Waals surface area contributed by atoms with Crippen LogP contribution in [0, 0.1) is 0 Å². The van der Waals surface area contributed by atoms with Gasteiger partial charge in [-0.1, -0.05) is 0 Å². The van der Waals surface area contributed by atoms with Crippen LogP contribution in [0.25, 0.3) is 15.9 Å². The van der Waals surface area contributed by atoms with Crippen molar-refractivity contribution in [3.05, 3.63) is 72.4 Å². The minimum Gasteiger partial charge on any atom is -0.482 e. The third-order valence-corrected chi connectivity index (χ3v) is 7.64. The lowest BCUT2D eigenvalue weighted by atomic mass is 10.0. The number of fused-ring (bicyclic) bond motifs is 6. The second-order valence-electron chi connectivity index (χ2n) is 8.69. The normalized spacial score (nSPS) is 14.8. The van der Waals surface area contributed by atoms with E-state index in [-0.39, 0.29) is 24.4 Å². The number of aromatic nitrogens is 2. The molecule has 174 valence electrons. The van der Waals surface area contributed by atoms with Gasteiger partial charge < -0.3 is 13.9 Å². The maximum atomic E-state index is 12.6. The number of aryl methyl sites for hydroxylation is 3. The lowest BCUT2D eigenvalue weighted by Gasteiger charge is -2.10. The van der Waals surface area contributed by atoms with Crippen LogP contribution in [0.4, 0.5) is 0 Å². The Morgan fingerprint density at radius 3 is 2.82 bits per heavy atom. The van der Waals surface area contributed by atoms with Crippen molar-refractivity contribution in [3.8, 4) is 5.75 Å². The van der Waals surface area contributed by atoms with Gasteiger partial charge >= 0.3 is 11.6 Å². The Balaban J connectivity index is 1.12. The van der Waals surface area contributed by atoms with E-state index >= 15 is 0 Å². The summed E-state index contributed by atoms with van der Waals surface area (Å²) in [4.78, 5) is 43.4. The van der Waals surface area contributed by atoms with Crippen LogP contribution in [0.15, 0.2) is 38.3 Å². The summed E-state index contributed by atoms with van der Waals surface area (Å²) in [5, 5.41) is 0.907. The summed E-state index contributed by atoms with van der Waals surface area (Å²) < 4.78 is 18.0. The first-order valence-electron chi connectivity index (χ1n) is 11.5. The van der Waals surface area contributed by atoms with Crippen LogP contribution in [0.1, 0.15) is 46.7 Å². The molecule has 2 aliphatic rings. The lowest BCUT2D eigenvalue weighted by molar-refractivity contribution is -0.147. The summed E-state index contributed by atoms with van der Waals surface area (Å²) in [5.74, 6) is -0.171. The van der Waals surface area contributed by atoms with E-state index in [0.29, 0.717) is 22.0 Å². The molecule has 3 aromatic heterocycles. The van der Waals surface area contributed by atoms with Gasteiger partial charge in [0.05, 0.1) is 5.69 Å². The Morgan fingerprint density at radius 2 is 1.91 bits per heavy atom. The summed E-state index contributed by atoms with van der Waals surface area (Å²) in [6, 6.07) is 6.66. The highest BCUT2D eigenvalue weighted by Crippen LogP contribution is 2.30. The molecule has 0 N–H and O–H groups in total. The zero-order chi connectivity index (χ0) is 23.2. The number of hydrogen-bond donors (Lipinski definition) is 0. The first kappa shape index (κ1) is 21.1. The number of ether oxygens (including phenoxy) is 2. The topological polar surface area (TPSA) is 100 Å². The Labute approximate surface area is 197 Å². The molecule has 0 bridgehead atoms. The first-order chi connectivity index (χ1) is 16.6. The molecular formula is C25H22N2O6S. The molecule has 0 saturated heterocycles. The predicted molar refractivity (Wildman–Crippen MR) is 126 cm³/mol. The molecule has 2 aliphatic carbocycles. The number of rotatable bonds is 5. The molecule has 0 unspecified atom stereocenters. The van der Waals surface area contributed by atoms with Crippen molar-refractivity contribution in [1.82, 2.24) is 9.38 Å². The van der Waals surface area contributed by atoms with Crippen molar-refractivity contribution < 1.29 is 18.7 Å². The van der Waals surface area contributed by atoms with E-state index in [4.69, 9.17) is 13.9 Å². The number of esters is 1. The number of benzene rings is 1. The van der Waals surface area contributed by atoms with E-state index in [1.807, 2.05) is 6.07 Å². The van der Waals surface area contributed by atoms with Crippen LogP contribution >= 0.6 is 11.3 Å². The number of carbonyl (C=O) groups is 1. The highest BCUT2D eigenvalue weighted by molar-refractivity contribution is 7.17. The average molecular weight is 479 g/mol. The van der Waals surface area contributed by atoms with Gasteiger partial charge in [0.15, 0.2) is 11.6 Å². The second-order valence-corrected chi connectivity index (χ2v) is 9.75. The standard InChI is InChI=1S/C25H22N2O6S/c28-22-10-14(26-25-27(22)19-6-1-2-7-21(19)34-25)12-32-23(29)13-31-15-8-9-17-16-4-3-5-18(16)24(30)33-20(17)11-15/h8-11H,1-7,12-13H2. The summed E-state index contributed by atoms with van der Waals surface area (Å²) in [7, 11) is 0. The van der Waals surface area contributed by atoms with Crippen molar-refractivity contribution in [2.75, 3.05) is 6.61 Å². The minimum absolute atomic E-state index is 0.102. The summed E-state index contributed by atoms with van der Waals surface area (Å²) in [6.45, 7) is -0.412. The van der Waals surface area contributed by atoms with Gasteiger partial charge in [-0.3, -0.25) is 9.20 Å². The van der Waals surface area contributed by atoms with Crippen molar-refractivity contribution in [2.45, 2.75) is 51.6 Å². The molecule has 4 aromatic rings. The lowest BCUT2D eigenvalue weighted by Crippen LogP contribution is -2.19. The van der Waals surface area contributed by atoms with Crippen LogP contribution < -0.4 is 15.9 Å². The molecule has 0 fully saturated rings. The third kappa shape index (κ3) is 3.69. The van der Waals surface area contributed by atoms with Crippen LogP contribution in [0.5, 0.6) is 5.75 Å². The highest BCUT2D eigenvalue weighted by atomic mass is 32.1. The fourth-order valence-corrected chi connectivity index (χ4v) is 6.14. The predicted octanol–water partition coefficient (Wildman–Crippen LogP) is 3.35. The number of thiazole rings is 1. The molecule has 0 radical (unpaired) electrons. The van der Waals surface area contributed by atoms with Gasteiger partial charge in [-0.05, 0) is 62.6 Å². The van der Waals surface area contributed by atoms with Gasteiger partial charge in [0.25, 0.3) is 5.56 Å². The molecule has 6 rings (SSSR count). The van der Waals surface area contributed by atoms with Crippen molar-refractivity contribution in [3.63, 3.8) is 0 Å². The van der Waals surface area contributed by atoms with Gasteiger partial charge in [-0.15, -0.1) is 11.3 Å². The summed E-state index contributed by atoms with van der Waals surface area (Å²) in [5.41, 5.74) is 3.30. The van der Waals surface area contributed by atoms with Gasteiger partial charge in [-0.2, -0.15) is 0 Å². The van der Waals surface area contributed by atoms with Gasteiger partial charge in [0.2, 0.25) is 0 Å². The molecule has 0 aliphatic heterocycles. The fraction of sp³-hybridized carbons (Fsp3) is 0.360. The molecule has 0 atom stereocenters. The van der Waals surface area contributed by atoms with E-state index in [0.717, 1.165) is 67.2 Å². The molecule has 8 nitrogen and oxygen atoms in total. The van der Waals surface area contributed by atoms with Crippen LogP contribution in [0.2, 0.25) is 0 Å². The van der Waals surface area contributed by atoms with Gasteiger partial charge in [0.1, 0.15) is 17.9 Å². The number of hydrogen-bond acceptors (Lipinski definition) is 8. The Hall–Kier alpha value is -3.46. The maximum absolute atomic E-state index is 12.6. The fourth-order valence-electron chi connectivity index (χ4n) is 4.91. The first-order valence-corrected chi connectivity index (χ1v) is 12.3. The van der Waals surface area contributed by atoms with Crippen molar-refractivity contribution in [2.24, 2.45) is 0 Å².